The van der Waals surface area contributed by atoms with Crippen LogP contribution in [0.2, 0.25) is 10.0 Å². The van der Waals surface area contributed by atoms with Crippen molar-refractivity contribution < 1.29 is 9.53 Å². The topological polar surface area (TPSA) is 67.3 Å². The van der Waals surface area contributed by atoms with Crippen molar-refractivity contribution in [1.29, 1.82) is 0 Å². The molecule has 3 rings (SSSR count). The van der Waals surface area contributed by atoms with Crippen LogP contribution in [0, 0.1) is 0 Å². The number of anilines is 2. The van der Waals surface area contributed by atoms with E-state index in [9.17, 15) is 4.79 Å². The van der Waals surface area contributed by atoms with E-state index in [1.807, 2.05) is 0 Å². The maximum atomic E-state index is 12.3. The van der Waals surface area contributed by atoms with E-state index in [-0.39, 0.29) is 5.91 Å². The van der Waals surface area contributed by atoms with Gasteiger partial charge in [0.1, 0.15) is 23.7 Å². The van der Waals surface area contributed by atoms with Crippen molar-refractivity contribution in [1.82, 2.24) is 9.97 Å². The Morgan fingerprint density at radius 2 is 2.00 bits per heavy atom. The first-order chi connectivity index (χ1) is 12.0. The van der Waals surface area contributed by atoms with Crippen LogP contribution in [0.1, 0.15) is 19.8 Å². The molecule has 0 spiro atoms. The second-order valence-corrected chi connectivity index (χ2v) is 6.62. The van der Waals surface area contributed by atoms with Crippen molar-refractivity contribution in [2.45, 2.75) is 25.9 Å². The highest BCUT2D eigenvalue weighted by Crippen LogP contribution is 2.28. The van der Waals surface area contributed by atoms with E-state index in [1.54, 1.807) is 31.2 Å². The van der Waals surface area contributed by atoms with Gasteiger partial charge in [0.25, 0.3) is 5.91 Å². The lowest BCUT2D eigenvalue weighted by molar-refractivity contribution is -0.122. The summed E-state index contributed by atoms with van der Waals surface area (Å²) >= 11 is 11.9. The Bertz CT molecular complexity index is 766. The maximum Gasteiger partial charge on any atom is 0.266 e. The second-order valence-electron chi connectivity index (χ2n) is 5.78. The third kappa shape index (κ3) is 4.52. The standard InChI is InChI=1S/C17H18Cl2N4O2/c1-11(25-14-5-4-12(18)8-13(14)19)17(24)22-15-9-16(21-10-20-15)23-6-2-3-7-23/h4-5,8-11H,2-3,6-7H2,1H3,(H,20,21,22,24). The molecule has 0 radical (unpaired) electrons. The summed E-state index contributed by atoms with van der Waals surface area (Å²) in [7, 11) is 0. The summed E-state index contributed by atoms with van der Waals surface area (Å²) < 4.78 is 5.61. The molecular weight excluding hydrogens is 363 g/mol. The first-order valence-corrected chi connectivity index (χ1v) is 8.78. The van der Waals surface area contributed by atoms with Gasteiger partial charge in [-0.05, 0) is 38.0 Å². The van der Waals surface area contributed by atoms with Crippen LogP contribution >= 0.6 is 23.2 Å². The lowest BCUT2D eigenvalue weighted by atomic mass is 10.3. The van der Waals surface area contributed by atoms with Crippen molar-refractivity contribution in [3.63, 3.8) is 0 Å². The minimum absolute atomic E-state index is 0.322. The van der Waals surface area contributed by atoms with Crippen LogP contribution in [-0.4, -0.2) is 35.1 Å². The fraction of sp³-hybridized carbons (Fsp3) is 0.353. The largest absolute Gasteiger partial charge is 0.479 e. The molecule has 25 heavy (non-hydrogen) atoms. The predicted molar refractivity (Wildman–Crippen MR) is 98.7 cm³/mol. The van der Waals surface area contributed by atoms with Gasteiger partial charge in [-0.15, -0.1) is 0 Å². The van der Waals surface area contributed by atoms with Crippen molar-refractivity contribution >= 4 is 40.7 Å². The molecule has 8 heteroatoms. The highest BCUT2D eigenvalue weighted by molar-refractivity contribution is 6.35. The molecule has 0 bridgehead atoms. The van der Waals surface area contributed by atoms with Gasteiger partial charge in [-0.3, -0.25) is 4.79 Å². The quantitative estimate of drug-likeness (QED) is 0.854. The molecule has 1 aliphatic heterocycles. The number of hydrogen-bond donors (Lipinski definition) is 1. The van der Waals surface area contributed by atoms with Gasteiger partial charge < -0.3 is 15.0 Å². The Morgan fingerprint density at radius 3 is 2.72 bits per heavy atom. The summed E-state index contributed by atoms with van der Waals surface area (Å²) in [4.78, 5) is 22.9. The second kappa shape index (κ2) is 7.89. The summed E-state index contributed by atoms with van der Waals surface area (Å²) in [5.74, 6) is 1.34. The van der Waals surface area contributed by atoms with Crippen molar-refractivity contribution in [3.8, 4) is 5.75 Å². The SMILES string of the molecule is CC(Oc1ccc(Cl)cc1Cl)C(=O)Nc1cc(N2CCCC2)ncn1. The molecule has 1 unspecified atom stereocenters. The number of benzene rings is 1. The molecule has 1 fully saturated rings. The molecule has 0 saturated carbocycles. The van der Waals surface area contributed by atoms with Gasteiger partial charge in [0.2, 0.25) is 0 Å². The highest BCUT2D eigenvalue weighted by Gasteiger charge is 2.19. The van der Waals surface area contributed by atoms with Crippen LogP contribution in [-0.2, 0) is 4.79 Å². The minimum Gasteiger partial charge on any atom is -0.479 e. The average Bonchev–Trinajstić information content (AvgIpc) is 3.12. The van der Waals surface area contributed by atoms with Crippen LogP contribution in [0.3, 0.4) is 0 Å². The molecule has 2 heterocycles. The van der Waals surface area contributed by atoms with Crippen LogP contribution < -0.4 is 15.0 Å². The molecule has 2 aromatic rings. The van der Waals surface area contributed by atoms with Crippen LogP contribution in [0.25, 0.3) is 0 Å². The van der Waals surface area contributed by atoms with E-state index in [2.05, 4.69) is 20.2 Å². The van der Waals surface area contributed by atoms with Gasteiger partial charge in [0.15, 0.2) is 6.10 Å². The van der Waals surface area contributed by atoms with Gasteiger partial charge in [0.05, 0.1) is 5.02 Å². The predicted octanol–water partition coefficient (Wildman–Crippen LogP) is 3.79. The normalized spacial score (nSPS) is 15.1. The van der Waals surface area contributed by atoms with Gasteiger partial charge in [-0.2, -0.15) is 0 Å². The molecule has 1 aromatic heterocycles. The Kier molecular flexibility index (Phi) is 5.60. The third-order valence-corrected chi connectivity index (χ3v) is 4.43. The average molecular weight is 381 g/mol. The molecule has 1 aromatic carbocycles. The fourth-order valence-corrected chi connectivity index (χ4v) is 3.03. The fourth-order valence-electron chi connectivity index (χ4n) is 2.58. The summed E-state index contributed by atoms with van der Waals surface area (Å²) in [5, 5.41) is 3.60. The van der Waals surface area contributed by atoms with Crippen molar-refractivity contribution in [2.75, 3.05) is 23.3 Å². The number of rotatable bonds is 5. The van der Waals surface area contributed by atoms with Crippen molar-refractivity contribution in [3.05, 3.63) is 40.6 Å². The van der Waals surface area contributed by atoms with Gasteiger partial charge in [-0.25, -0.2) is 9.97 Å². The van der Waals surface area contributed by atoms with E-state index in [0.717, 1.165) is 31.7 Å². The maximum absolute atomic E-state index is 12.3. The zero-order valence-electron chi connectivity index (χ0n) is 13.7. The van der Waals surface area contributed by atoms with Crippen LogP contribution in [0.4, 0.5) is 11.6 Å². The van der Waals surface area contributed by atoms with Gasteiger partial charge in [-0.1, -0.05) is 23.2 Å². The van der Waals surface area contributed by atoms with Crippen LogP contribution in [0.5, 0.6) is 5.75 Å². The highest BCUT2D eigenvalue weighted by atomic mass is 35.5. The first kappa shape index (κ1) is 17.8. The molecular formula is C17H18Cl2N4O2. The summed E-state index contributed by atoms with van der Waals surface area (Å²) in [6.07, 6.45) is 3.01. The number of halogens is 2. The number of nitrogens with zero attached hydrogens (tertiary/aromatic N) is 3. The molecule has 6 nitrogen and oxygen atoms in total. The van der Waals surface area contributed by atoms with Gasteiger partial charge in [0, 0.05) is 24.2 Å². The Balaban J connectivity index is 1.64. The van der Waals surface area contributed by atoms with E-state index in [1.165, 1.54) is 6.33 Å². The zero-order valence-corrected chi connectivity index (χ0v) is 15.2. The van der Waals surface area contributed by atoms with E-state index >= 15 is 0 Å². The van der Waals surface area contributed by atoms with E-state index < -0.39 is 6.10 Å². The number of nitrogens with one attached hydrogen (secondary N) is 1. The lowest BCUT2D eigenvalue weighted by Gasteiger charge is -2.18. The molecule has 132 valence electrons. The van der Waals surface area contributed by atoms with Crippen LogP contribution in [0.15, 0.2) is 30.6 Å². The Morgan fingerprint density at radius 1 is 1.24 bits per heavy atom. The number of carbonyl (C=O) groups is 1. The summed E-state index contributed by atoms with van der Waals surface area (Å²) in [6, 6.07) is 6.62. The zero-order chi connectivity index (χ0) is 17.8. The number of carbonyl (C=O) groups excluding carboxylic acids is 1. The summed E-state index contributed by atoms with van der Waals surface area (Å²) in [5.41, 5.74) is 0. The monoisotopic (exact) mass is 380 g/mol. The Hall–Kier alpha value is -2.05. The van der Waals surface area contributed by atoms with E-state index in [0.29, 0.717) is 21.6 Å². The number of aromatic nitrogens is 2. The third-order valence-electron chi connectivity index (χ3n) is 3.90. The number of hydrogen-bond acceptors (Lipinski definition) is 5. The Labute approximate surface area is 156 Å². The molecule has 1 atom stereocenters. The molecule has 1 aliphatic rings. The number of amides is 1. The van der Waals surface area contributed by atoms with Crippen molar-refractivity contribution in [2.24, 2.45) is 0 Å². The molecule has 0 aliphatic carbocycles. The van der Waals surface area contributed by atoms with E-state index in [4.69, 9.17) is 27.9 Å². The minimum atomic E-state index is -0.746. The van der Waals surface area contributed by atoms with Gasteiger partial charge >= 0.3 is 0 Å². The smallest absolute Gasteiger partial charge is 0.266 e. The molecule has 1 N–H and O–H groups in total. The summed E-state index contributed by atoms with van der Waals surface area (Å²) in [6.45, 7) is 3.58. The molecule has 1 amide bonds. The number of ether oxygens (including phenoxy) is 1. The first-order valence-electron chi connectivity index (χ1n) is 8.02. The molecule has 1 saturated heterocycles. The lowest BCUT2D eigenvalue weighted by Crippen LogP contribution is -2.30.